The number of hydrogen-bond acceptors (Lipinski definition) is 6. The highest BCUT2D eigenvalue weighted by molar-refractivity contribution is 5.78. The van der Waals surface area contributed by atoms with Gasteiger partial charge < -0.3 is 19.4 Å². The zero-order valence-electron chi connectivity index (χ0n) is 19.0. The van der Waals surface area contributed by atoms with Crippen molar-refractivity contribution in [2.45, 2.75) is 26.3 Å². The summed E-state index contributed by atoms with van der Waals surface area (Å²) in [5.41, 5.74) is 1.20. The largest absolute Gasteiger partial charge is 0.497 e. The first-order valence-electron chi connectivity index (χ1n) is 11.3. The number of likely N-dealkylation sites (N-methyl/N-ethyl adjacent to an activating group) is 1. The Morgan fingerprint density at radius 3 is 2.55 bits per heavy atom. The molecule has 0 aliphatic carbocycles. The summed E-state index contributed by atoms with van der Waals surface area (Å²) < 4.78 is 10.9. The van der Waals surface area contributed by atoms with Gasteiger partial charge >= 0.3 is 0 Å². The van der Waals surface area contributed by atoms with Gasteiger partial charge in [0, 0.05) is 38.4 Å². The van der Waals surface area contributed by atoms with E-state index in [4.69, 9.17) is 9.15 Å². The molecule has 1 aromatic heterocycles. The molecular weight excluding hydrogens is 392 g/mol. The maximum atomic E-state index is 12.7. The molecule has 1 amide bonds. The lowest BCUT2D eigenvalue weighted by atomic mass is 10.2. The normalized spacial score (nSPS) is 16.2. The van der Waals surface area contributed by atoms with Crippen molar-refractivity contribution < 1.29 is 13.9 Å². The van der Waals surface area contributed by atoms with Crippen LogP contribution in [0.1, 0.15) is 32.1 Å². The van der Waals surface area contributed by atoms with Crippen LogP contribution in [0.5, 0.6) is 5.75 Å². The SMILES string of the molecule is CCN(CC)C(CNC(=O)CN1CCCN(c2ccc(OC)cc2)CC1)c1ccco1. The average Bonchev–Trinajstić information content (AvgIpc) is 3.23. The van der Waals surface area contributed by atoms with Crippen LogP contribution in [0, 0.1) is 0 Å². The van der Waals surface area contributed by atoms with E-state index in [-0.39, 0.29) is 11.9 Å². The zero-order valence-corrected chi connectivity index (χ0v) is 19.0. The van der Waals surface area contributed by atoms with Crippen molar-refractivity contribution in [3.63, 3.8) is 0 Å². The standard InChI is InChI=1S/C24H36N4O3/c1-4-27(5-2)22(23-8-6-17-31-23)18-25-24(29)19-26-13-7-14-28(16-15-26)20-9-11-21(30-3)12-10-20/h6,8-12,17,22H,4-5,7,13-16,18-19H2,1-3H3,(H,25,29). The van der Waals surface area contributed by atoms with Crippen LogP contribution in [0.15, 0.2) is 47.1 Å². The average molecular weight is 429 g/mol. The van der Waals surface area contributed by atoms with Gasteiger partial charge in [-0.3, -0.25) is 14.6 Å². The minimum atomic E-state index is 0.0589. The summed E-state index contributed by atoms with van der Waals surface area (Å²) in [5, 5.41) is 3.13. The molecule has 1 aromatic carbocycles. The second kappa shape index (κ2) is 11.8. The molecule has 1 N–H and O–H groups in total. The lowest BCUT2D eigenvalue weighted by Crippen LogP contribution is -2.43. The Morgan fingerprint density at radius 1 is 1.13 bits per heavy atom. The number of nitrogens with zero attached hydrogens (tertiary/aromatic N) is 3. The second-order valence-corrected chi connectivity index (χ2v) is 7.87. The molecule has 1 unspecified atom stereocenters. The summed E-state index contributed by atoms with van der Waals surface area (Å²) in [6, 6.07) is 12.1. The van der Waals surface area contributed by atoms with Crippen LogP contribution < -0.4 is 15.0 Å². The number of ether oxygens (including phenoxy) is 1. The van der Waals surface area contributed by atoms with Gasteiger partial charge in [0.15, 0.2) is 0 Å². The van der Waals surface area contributed by atoms with Crippen molar-refractivity contribution in [2.75, 3.05) is 64.4 Å². The Balaban J connectivity index is 1.49. The van der Waals surface area contributed by atoms with Crippen LogP contribution in [0.25, 0.3) is 0 Å². The minimum absolute atomic E-state index is 0.0589. The van der Waals surface area contributed by atoms with E-state index >= 15 is 0 Å². The van der Waals surface area contributed by atoms with Gasteiger partial charge in [-0.05, 0) is 55.9 Å². The number of furan rings is 1. The first-order valence-corrected chi connectivity index (χ1v) is 11.3. The number of amides is 1. The maximum Gasteiger partial charge on any atom is 0.234 e. The molecule has 1 aliphatic rings. The lowest BCUT2D eigenvalue weighted by molar-refractivity contribution is -0.122. The second-order valence-electron chi connectivity index (χ2n) is 7.87. The van der Waals surface area contributed by atoms with Gasteiger partial charge in [0.2, 0.25) is 5.91 Å². The quantitative estimate of drug-likeness (QED) is 0.628. The van der Waals surface area contributed by atoms with E-state index in [9.17, 15) is 4.79 Å². The zero-order chi connectivity index (χ0) is 22.1. The van der Waals surface area contributed by atoms with E-state index in [0.29, 0.717) is 13.1 Å². The summed E-state index contributed by atoms with van der Waals surface area (Å²) in [6.07, 6.45) is 2.73. The summed E-state index contributed by atoms with van der Waals surface area (Å²) in [4.78, 5) is 19.6. The highest BCUT2D eigenvalue weighted by Gasteiger charge is 2.22. The molecule has 0 radical (unpaired) electrons. The Kier molecular flexibility index (Phi) is 8.79. The van der Waals surface area contributed by atoms with Gasteiger partial charge in [-0.15, -0.1) is 0 Å². The van der Waals surface area contributed by atoms with E-state index in [1.54, 1.807) is 13.4 Å². The summed E-state index contributed by atoms with van der Waals surface area (Å²) in [5.74, 6) is 1.84. The predicted molar refractivity (Wildman–Crippen MR) is 124 cm³/mol. The highest BCUT2D eigenvalue weighted by atomic mass is 16.5. The molecular formula is C24H36N4O3. The van der Waals surface area contributed by atoms with E-state index in [2.05, 4.69) is 46.0 Å². The van der Waals surface area contributed by atoms with Crippen molar-refractivity contribution in [3.05, 3.63) is 48.4 Å². The molecule has 7 nitrogen and oxygen atoms in total. The fraction of sp³-hybridized carbons (Fsp3) is 0.542. The van der Waals surface area contributed by atoms with Crippen LogP contribution in [0.2, 0.25) is 0 Å². The Morgan fingerprint density at radius 2 is 1.90 bits per heavy atom. The Bertz CT molecular complexity index is 775. The summed E-state index contributed by atoms with van der Waals surface area (Å²) in [6.45, 7) is 10.8. The van der Waals surface area contributed by atoms with E-state index in [1.807, 2.05) is 24.3 Å². The molecule has 1 saturated heterocycles. The number of carbonyl (C=O) groups excluding carboxylic acids is 1. The molecule has 31 heavy (non-hydrogen) atoms. The van der Waals surface area contributed by atoms with Crippen LogP contribution in [0.3, 0.4) is 0 Å². The van der Waals surface area contributed by atoms with E-state index in [1.165, 1.54) is 5.69 Å². The number of carbonyl (C=O) groups is 1. The third-order valence-electron chi connectivity index (χ3n) is 6.01. The van der Waals surface area contributed by atoms with Crippen molar-refractivity contribution in [1.82, 2.24) is 15.1 Å². The molecule has 2 heterocycles. The lowest BCUT2D eigenvalue weighted by Gasteiger charge is -2.28. The van der Waals surface area contributed by atoms with Crippen LogP contribution >= 0.6 is 0 Å². The number of rotatable bonds is 10. The Labute approximate surface area is 185 Å². The number of nitrogens with one attached hydrogen (secondary N) is 1. The van der Waals surface area contributed by atoms with Gasteiger partial charge in [-0.25, -0.2) is 0 Å². The molecule has 1 aliphatic heterocycles. The molecule has 7 heteroatoms. The highest BCUT2D eigenvalue weighted by Crippen LogP contribution is 2.21. The van der Waals surface area contributed by atoms with Gasteiger partial charge in [0.05, 0.1) is 26.0 Å². The van der Waals surface area contributed by atoms with E-state index < -0.39 is 0 Å². The summed E-state index contributed by atoms with van der Waals surface area (Å²) >= 11 is 0. The predicted octanol–water partition coefficient (Wildman–Crippen LogP) is 3.00. The van der Waals surface area contributed by atoms with Crippen molar-refractivity contribution in [1.29, 1.82) is 0 Å². The third kappa shape index (κ3) is 6.48. The topological polar surface area (TPSA) is 61.2 Å². The van der Waals surface area contributed by atoms with Crippen molar-refractivity contribution in [3.8, 4) is 5.75 Å². The van der Waals surface area contributed by atoms with E-state index in [0.717, 1.165) is 57.2 Å². The Hall–Kier alpha value is -2.51. The number of methoxy groups -OCH3 is 1. The van der Waals surface area contributed by atoms with Crippen molar-refractivity contribution >= 4 is 11.6 Å². The molecule has 1 atom stereocenters. The van der Waals surface area contributed by atoms with Gasteiger partial charge in [0.25, 0.3) is 0 Å². The van der Waals surface area contributed by atoms with Crippen LogP contribution in [0.4, 0.5) is 5.69 Å². The number of anilines is 1. The molecule has 3 rings (SSSR count). The first-order chi connectivity index (χ1) is 15.1. The molecule has 170 valence electrons. The number of hydrogen-bond donors (Lipinski definition) is 1. The number of benzene rings is 1. The molecule has 1 fully saturated rings. The minimum Gasteiger partial charge on any atom is -0.497 e. The maximum absolute atomic E-state index is 12.7. The fourth-order valence-electron chi connectivity index (χ4n) is 4.20. The molecule has 0 bridgehead atoms. The van der Waals surface area contributed by atoms with Gasteiger partial charge in [0.1, 0.15) is 11.5 Å². The summed E-state index contributed by atoms with van der Waals surface area (Å²) in [7, 11) is 1.68. The molecule has 0 spiro atoms. The van der Waals surface area contributed by atoms with Crippen LogP contribution in [-0.2, 0) is 4.79 Å². The van der Waals surface area contributed by atoms with Crippen molar-refractivity contribution in [2.24, 2.45) is 0 Å². The molecule has 0 saturated carbocycles. The monoisotopic (exact) mass is 428 g/mol. The van der Waals surface area contributed by atoms with Gasteiger partial charge in [-0.2, -0.15) is 0 Å². The van der Waals surface area contributed by atoms with Crippen LogP contribution in [-0.4, -0.2) is 75.2 Å². The third-order valence-corrected chi connectivity index (χ3v) is 6.01. The smallest absolute Gasteiger partial charge is 0.234 e. The fourth-order valence-corrected chi connectivity index (χ4v) is 4.20. The molecule has 2 aromatic rings. The first kappa shape index (κ1) is 23.2. The van der Waals surface area contributed by atoms with Gasteiger partial charge in [-0.1, -0.05) is 13.8 Å².